The lowest BCUT2D eigenvalue weighted by Crippen LogP contribution is -2.30. The fourth-order valence-electron chi connectivity index (χ4n) is 2.71. The molecule has 2 aromatic rings. The van der Waals surface area contributed by atoms with E-state index in [0.717, 1.165) is 23.2 Å². The highest BCUT2D eigenvalue weighted by Gasteiger charge is 2.30. The predicted octanol–water partition coefficient (Wildman–Crippen LogP) is 4.78. The third-order valence-electron chi connectivity index (χ3n) is 4.36. The summed E-state index contributed by atoms with van der Waals surface area (Å²) in [5.74, 6) is 1.38. The van der Waals surface area contributed by atoms with Gasteiger partial charge in [0.05, 0.1) is 11.6 Å². The Hall–Kier alpha value is -0.900. The van der Waals surface area contributed by atoms with Gasteiger partial charge in [0.1, 0.15) is 5.01 Å². The molecule has 112 valence electrons. The van der Waals surface area contributed by atoms with Crippen molar-refractivity contribution in [1.29, 1.82) is 0 Å². The first-order valence-corrected chi connectivity index (χ1v) is 8.89. The van der Waals surface area contributed by atoms with Crippen LogP contribution in [0, 0.1) is 5.92 Å². The molecule has 0 radical (unpaired) electrons. The Balaban J connectivity index is 1.81. The summed E-state index contributed by atoms with van der Waals surface area (Å²) in [5, 5.41) is 3.13. The van der Waals surface area contributed by atoms with Gasteiger partial charge in [0.2, 0.25) is 0 Å². The summed E-state index contributed by atoms with van der Waals surface area (Å²) >= 11 is 7.55. The molecule has 21 heavy (non-hydrogen) atoms. The van der Waals surface area contributed by atoms with Crippen LogP contribution in [0.3, 0.4) is 0 Å². The number of hydrogen-bond acceptors (Lipinski definition) is 3. The Bertz CT molecular complexity index is 606. The van der Waals surface area contributed by atoms with Gasteiger partial charge in [-0.2, -0.15) is 0 Å². The van der Waals surface area contributed by atoms with E-state index >= 15 is 0 Å². The van der Waals surface area contributed by atoms with Crippen LogP contribution in [-0.2, 0) is 12.4 Å². The van der Waals surface area contributed by atoms with E-state index in [1.807, 2.05) is 0 Å². The van der Waals surface area contributed by atoms with E-state index in [1.54, 1.807) is 11.3 Å². The fourth-order valence-corrected chi connectivity index (χ4v) is 3.82. The molecule has 0 aliphatic heterocycles. The summed E-state index contributed by atoms with van der Waals surface area (Å²) in [5.41, 5.74) is 3.56. The van der Waals surface area contributed by atoms with Crippen LogP contribution in [0.5, 0.6) is 0 Å². The maximum atomic E-state index is 5.87. The number of alkyl halides is 1. The molecule has 0 spiro atoms. The van der Waals surface area contributed by atoms with Gasteiger partial charge in [-0.1, -0.05) is 24.3 Å². The van der Waals surface area contributed by atoms with E-state index in [-0.39, 0.29) is 0 Å². The zero-order chi connectivity index (χ0) is 14.8. The second-order valence-electron chi connectivity index (χ2n) is 5.93. The summed E-state index contributed by atoms with van der Waals surface area (Å²) in [7, 11) is 2.23. The minimum Gasteiger partial charge on any atom is -0.299 e. The van der Waals surface area contributed by atoms with Crippen molar-refractivity contribution in [2.45, 2.75) is 38.2 Å². The lowest BCUT2D eigenvalue weighted by atomic mass is 10.1. The van der Waals surface area contributed by atoms with Crippen LogP contribution in [0.4, 0.5) is 0 Å². The number of benzene rings is 1. The summed E-state index contributed by atoms with van der Waals surface area (Å²) in [6.07, 6.45) is 2.78. The van der Waals surface area contributed by atoms with Gasteiger partial charge in [0.25, 0.3) is 0 Å². The average Bonchev–Trinajstić information content (AvgIpc) is 3.24. The predicted molar refractivity (Wildman–Crippen MR) is 90.8 cm³/mol. The Morgan fingerprint density at radius 3 is 2.81 bits per heavy atom. The van der Waals surface area contributed by atoms with E-state index in [9.17, 15) is 0 Å². The van der Waals surface area contributed by atoms with Gasteiger partial charge in [-0.3, -0.25) is 4.90 Å². The fraction of sp³-hybridized carbons (Fsp3) is 0.471. The van der Waals surface area contributed by atoms with Crippen molar-refractivity contribution < 1.29 is 0 Å². The minimum atomic E-state index is 0.483. The van der Waals surface area contributed by atoms with Crippen LogP contribution in [0.1, 0.15) is 31.0 Å². The van der Waals surface area contributed by atoms with Gasteiger partial charge in [0.15, 0.2) is 0 Å². The molecule has 1 aliphatic rings. The van der Waals surface area contributed by atoms with Crippen molar-refractivity contribution in [3.63, 3.8) is 0 Å². The normalized spacial score (nSPS) is 16.4. The van der Waals surface area contributed by atoms with Crippen LogP contribution in [0.2, 0.25) is 0 Å². The van der Waals surface area contributed by atoms with Crippen molar-refractivity contribution in [3.8, 4) is 10.6 Å². The second kappa shape index (κ2) is 6.47. The molecule has 1 atom stereocenters. The number of thiazole rings is 1. The van der Waals surface area contributed by atoms with Crippen LogP contribution < -0.4 is 0 Å². The molecule has 1 unspecified atom stereocenters. The first-order chi connectivity index (χ1) is 10.2. The van der Waals surface area contributed by atoms with Crippen molar-refractivity contribution in [2.75, 3.05) is 7.05 Å². The molecule has 1 heterocycles. The first kappa shape index (κ1) is 15.0. The van der Waals surface area contributed by atoms with Crippen molar-refractivity contribution in [3.05, 3.63) is 40.9 Å². The van der Waals surface area contributed by atoms with Crippen molar-refractivity contribution in [1.82, 2.24) is 9.88 Å². The molecule has 1 aromatic heterocycles. The summed E-state index contributed by atoms with van der Waals surface area (Å²) in [6, 6.07) is 9.25. The van der Waals surface area contributed by atoms with Gasteiger partial charge in [-0.25, -0.2) is 4.98 Å². The zero-order valence-electron chi connectivity index (χ0n) is 12.6. The molecule has 0 amide bonds. The monoisotopic (exact) mass is 320 g/mol. The third-order valence-corrected chi connectivity index (χ3v) is 5.55. The van der Waals surface area contributed by atoms with E-state index in [4.69, 9.17) is 11.6 Å². The standard InChI is InChI=1S/C17H21ClN2S/c1-12(13-7-8-13)20(2)10-14-5-3-4-6-16(14)17-19-15(9-18)11-21-17/h3-6,11-13H,7-10H2,1-2H3. The number of halogens is 1. The summed E-state index contributed by atoms with van der Waals surface area (Å²) < 4.78 is 0. The molecule has 3 rings (SSSR count). The zero-order valence-corrected chi connectivity index (χ0v) is 14.1. The third kappa shape index (κ3) is 3.47. The van der Waals surface area contributed by atoms with E-state index < -0.39 is 0 Å². The topological polar surface area (TPSA) is 16.1 Å². The molecule has 4 heteroatoms. The van der Waals surface area contributed by atoms with E-state index in [0.29, 0.717) is 11.9 Å². The minimum absolute atomic E-state index is 0.483. The van der Waals surface area contributed by atoms with Crippen LogP contribution in [0.25, 0.3) is 10.6 Å². The summed E-state index contributed by atoms with van der Waals surface area (Å²) in [6.45, 7) is 3.32. The first-order valence-electron chi connectivity index (χ1n) is 7.48. The highest BCUT2D eigenvalue weighted by atomic mass is 35.5. The van der Waals surface area contributed by atoms with Crippen LogP contribution in [0.15, 0.2) is 29.6 Å². The molecule has 1 fully saturated rings. The number of nitrogens with zero attached hydrogens (tertiary/aromatic N) is 2. The largest absolute Gasteiger partial charge is 0.299 e. The lowest BCUT2D eigenvalue weighted by Gasteiger charge is -2.25. The second-order valence-corrected chi connectivity index (χ2v) is 7.05. The summed E-state index contributed by atoms with van der Waals surface area (Å²) in [4.78, 5) is 7.09. The molecule has 1 aliphatic carbocycles. The van der Waals surface area contributed by atoms with Crippen LogP contribution >= 0.6 is 22.9 Å². The quantitative estimate of drug-likeness (QED) is 0.712. The molecule has 0 N–H and O–H groups in total. The maximum absolute atomic E-state index is 5.87. The molecule has 1 saturated carbocycles. The van der Waals surface area contributed by atoms with Crippen molar-refractivity contribution in [2.24, 2.45) is 5.92 Å². The van der Waals surface area contributed by atoms with Gasteiger partial charge in [0, 0.05) is 23.5 Å². The van der Waals surface area contributed by atoms with E-state index in [2.05, 4.69) is 53.5 Å². The van der Waals surface area contributed by atoms with Gasteiger partial charge >= 0.3 is 0 Å². The van der Waals surface area contributed by atoms with E-state index in [1.165, 1.54) is 24.0 Å². The lowest BCUT2D eigenvalue weighted by molar-refractivity contribution is 0.227. The average molecular weight is 321 g/mol. The Kier molecular flexibility index (Phi) is 4.63. The number of hydrogen-bond donors (Lipinski definition) is 0. The Labute approximate surface area is 135 Å². The molecule has 2 nitrogen and oxygen atoms in total. The number of rotatable bonds is 6. The highest BCUT2D eigenvalue weighted by Crippen LogP contribution is 2.36. The Morgan fingerprint density at radius 1 is 1.38 bits per heavy atom. The Morgan fingerprint density at radius 2 is 2.14 bits per heavy atom. The maximum Gasteiger partial charge on any atom is 0.123 e. The SMILES string of the molecule is CC(C1CC1)N(C)Cc1ccccc1-c1nc(CCl)cs1. The van der Waals surface area contributed by atoms with Gasteiger partial charge in [-0.15, -0.1) is 22.9 Å². The molecular weight excluding hydrogens is 300 g/mol. The van der Waals surface area contributed by atoms with Gasteiger partial charge < -0.3 is 0 Å². The van der Waals surface area contributed by atoms with Crippen molar-refractivity contribution >= 4 is 22.9 Å². The molecule has 1 aromatic carbocycles. The highest BCUT2D eigenvalue weighted by molar-refractivity contribution is 7.13. The smallest absolute Gasteiger partial charge is 0.123 e. The number of aromatic nitrogens is 1. The van der Waals surface area contributed by atoms with Gasteiger partial charge in [-0.05, 0) is 38.3 Å². The molecule has 0 bridgehead atoms. The molecular formula is C17H21ClN2S. The molecule has 0 saturated heterocycles. The van der Waals surface area contributed by atoms with Crippen LogP contribution in [-0.4, -0.2) is 23.0 Å².